The van der Waals surface area contributed by atoms with Crippen molar-refractivity contribution >= 4 is 16.8 Å². The highest BCUT2D eigenvalue weighted by Crippen LogP contribution is 2.43. The molecule has 2 aliphatic rings. The average molecular weight is 525 g/mol. The smallest absolute Gasteiger partial charge is 0.229 e. The first-order chi connectivity index (χ1) is 19.3. The summed E-state index contributed by atoms with van der Waals surface area (Å²) in [6.45, 7) is 6.22. The number of pyridine rings is 1. The van der Waals surface area contributed by atoms with Crippen LogP contribution in [0.2, 0.25) is 0 Å². The Hall–Kier alpha value is -3.35. The van der Waals surface area contributed by atoms with Gasteiger partial charge >= 0.3 is 0 Å². The maximum Gasteiger partial charge on any atom is 0.229 e. The van der Waals surface area contributed by atoms with Crippen molar-refractivity contribution in [2.45, 2.75) is 44.6 Å². The Morgan fingerprint density at radius 2 is 1.74 bits per heavy atom. The van der Waals surface area contributed by atoms with Crippen molar-refractivity contribution < 1.29 is 9.15 Å². The second-order valence-electron chi connectivity index (χ2n) is 11.0. The molecule has 2 saturated heterocycles. The van der Waals surface area contributed by atoms with Gasteiger partial charge in [0.1, 0.15) is 18.1 Å². The van der Waals surface area contributed by atoms with Crippen LogP contribution in [0.4, 0.5) is 5.69 Å². The molecule has 2 aromatic heterocycles. The highest BCUT2D eigenvalue weighted by molar-refractivity contribution is 6.06. The van der Waals surface area contributed by atoms with Gasteiger partial charge < -0.3 is 19.4 Å². The minimum atomic E-state index is 0.656. The van der Waals surface area contributed by atoms with Crippen molar-refractivity contribution in [2.24, 2.45) is 0 Å². The molecule has 6 rings (SSSR count). The van der Waals surface area contributed by atoms with E-state index in [1.807, 2.05) is 6.20 Å². The number of benzene rings is 2. The number of nitrogens with zero attached hydrogens (tertiary/aromatic N) is 3. The number of ether oxygens (including phenoxy) is 1. The zero-order valence-corrected chi connectivity index (χ0v) is 23.1. The molecular formula is C33H40N4O2. The maximum absolute atomic E-state index is 6.47. The lowest BCUT2D eigenvalue weighted by Crippen LogP contribution is -2.33. The van der Waals surface area contributed by atoms with Gasteiger partial charge in [-0.3, -0.25) is 4.90 Å². The Morgan fingerprint density at radius 3 is 2.51 bits per heavy atom. The highest BCUT2D eigenvalue weighted by Gasteiger charge is 2.23. The third-order valence-electron chi connectivity index (χ3n) is 8.36. The number of furan rings is 1. The van der Waals surface area contributed by atoms with Crippen LogP contribution >= 0.6 is 0 Å². The number of anilines is 1. The van der Waals surface area contributed by atoms with Crippen molar-refractivity contribution in [1.29, 1.82) is 0 Å². The predicted octanol–water partition coefficient (Wildman–Crippen LogP) is 6.92. The number of piperidine rings is 1. The van der Waals surface area contributed by atoms with E-state index in [-0.39, 0.29) is 0 Å². The van der Waals surface area contributed by atoms with Gasteiger partial charge in [0.2, 0.25) is 5.71 Å². The van der Waals surface area contributed by atoms with E-state index in [0.29, 0.717) is 11.8 Å². The Balaban J connectivity index is 1.24. The third-order valence-corrected chi connectivity index (χ3v) is 8.36. The lowest BCUT2D eigenvalue weighted by atomic mass is 9.98. The van der Waals surface area contributed by atoms with Crippen LogP contribution < -0.4 is 10.1 Å². The molecule has 204 valence electrons. The molecule has 1 unspecified atom stereocenters. The SMILES string of the molecule is CN1CCCC1CCNc1ccnc2oc(-c3ccc(OCCN4CCCCC4)cc3)c(-c3ccccc3)c12. The summed E-state index contributed by atoms with van der Waals surface area (Å²) in [6, 6.07) is 21.6. The first-order valence-electron chi connectivity index (χ1n) is 14.6. The van der Waals surface area contributed by atoms with Crippen LogP contribution in [-0.4, -0.2) is 67.2 Å². The summed E-state index contributed by atoms with van der Waals surface area (Å²) in [5.74, 6) is 1.74. The first kappa shape index (κ1) is 25.9. The average Bonchev–Trinajstić information content (AvgIpc) is 3.58. The minimum absolute atomic E-state index is 0.656. The topological polar surface area (TPSA) is 53.8 Å². The summed E-state index contributed by atoms with van der Waals surface area (Å²) in [5, 5.41) is 4.76. The zero-order chi connectivity index (χ0) is 26.4. The standard InChI is InChI=1S/C33H40N4O2/c1-36-20-8-11-27(36)16-18-34-29-17-19-35-33-31(29)30(25-9-4-2-5-10-25)32(39-33)26-12-14-28(15-13-26)38-24-23-37-21-6-3-7-22-37/h2,4-5,9-10,12-15,17,19,27H,3,6-8,11,16,18,20-24H2,1H3,(H,34,35). The molecule has 6 nitrogen and oxygen atoms in total. The number of nitrogens with one attached hydrogen (secondary N) is 1. The third kappa shape index (κ3) is 5.97. The molecule has 2 aliphatic heterocycles. The van der Waals surface area contributed by atoms with Crippen LogP contribution in [0, 0.1) is 0 Å². The molecule has 39 heavy (non-hydrogen) atoms. The minimum Gasteiger partial charge on any atom is -0.492 e. The highest BCUT2D eigenvalue weighted by atomic mass is 16.5. The number of fused-ring (bicyclic) bond motifs is 1. The van der Waals surface area contributed by atoms with Crippen LogP contribution in [0.1, 0.15) is 38.5 Å². The van der Waals surface area contributed by atoms with E-state index in [9.17, 15) is 0 Å². The van der Waals surface area contributed by atoms with Gasteiger partial charge in [-0.25, -0.2) is 4.98 Å². The van der Waals surface area contributed by atoms with Crippen molar-refractivity contribution in [1.82, 2.24) is 14.8 Å². The molecule has 2 aromatic carbocycles. The van der Waals surface area contributed by atoms with Crippen LogP contribution in [-0.2, 0) is 0 Å². The maximum atomic E-state index is 6.47. The molecule has 0 spiro atoms. The molecule has 0 saturated carbocycles. The monoisotopic (exact) mass is 524 g/mol. The van der Waals surface area contributed by atoms with Gasteiger partial charge in [0.15, 0.2) is 0 Å². The van der Waals surface area contributed by atoms with E-state index in [4.69, 9.17) is 9.15 Å². The van der Waals surface area contributed by atoms with Gasteiger partial charge in [0.05, 0.1) is 5.39 Å². The molecule has 4 aromatic rings. The molecule has 0 aliphatic carbocycles. The lowest BCUT2D eigenvalue weighted by Gasteiger charge is -2.26. The normalized spacial score (nSPS) is 18.5. The van der Waals surface area contributed by atoms with Crippen molar-refractivity contribution in [3.63, 3.8) is 0 Å². The number of rotatable bonds is 10. The molecule has 0 bridgehead atoms. The molecule has 1 N–H and O–H groups in total. The second-order valence-corrected chi connectivity index (χ2v) is 11.0. The zero-order valence-electron chi connectivity index (χ0n) is 23.1. The van der Waals surface area contributed by atoms with Crippen molar-refractivity contribution in [2.75, 3.05) is 51.7 Å². The first-order valence-corrected chi connectivity index (χ1v) is 14.6. The Kier molecular flexibility index (Phi) is 8.12. The van der Waals surface area contributed by atoms with Crippen LogP contribution in [0.5, 0.6) is 5.75 Å². The molecule has 0 amide bonds. The van der Waals surface area contributed by atoms with Gasteiger partial charge in [0, 0.05) is 42.1 Å². The van der Waals surface area contributed by atoms with E-state index in [1.165, 1.54) is 51.7 Å². The summed E-state index contributed by atoms with van der Waals surface area (Å²) in [6.07, 6.45) is 9.52. The Labute approximate surface area is 232 Å². The number of hydrogen-bond acceptors (Lipinski definition) is 6. The fourth-order valence-electron chi connectivity index (χ4n) is 6.15. The molecule has 2 fully saturated rings. The predicted molar refractivity (Wildman–Crippen MR) is 159 cm³/mol. The van der Waals surface area contributed by atoms with E-state index < -0.39 is 0 Å². The van der Waals surface area contributed by atoms with Gasteiger partial charge in [-0.1, -0.05) is 36.8 Å². The molecule has 1 atom stereocenters. The van der Waals surface area contributed by atoms with Crippen LogP contribution in [0.25, 0.3) is 33.6 Å². The quantitative estimate of drug-likeness (QED) is 0.243. The van der Waals surface area contributed by atoms with E-state index in [1.54, 1.807) is 0 Å². The largest absolute Gasteiger partial charge is 0.492 e. The number of hydrogen-bond donors (Lipinski definition) is 1. The molecular weight excluding hydrogens is 484 g/mol. The summed E-state index contributed by atoms with van der Waals surface area (Å²) in [5.41, 5.74) is 4.97. The van der Waals surface area contributed by atoms with Gasteiger partial charge in [-0.05, 0) is 94.7 Å². The lowest BCUT2D eigenvalue weighted by molar-refractivity contribution is 0.183. The number of likely N-dealkylation sites (tertiary alicyclic amines) is 2. The molecule has 6 heteroatoms. The van der Waals surface area contributed by atoms with E-state index in [2.05, 4.69) is 87.8 Å². The number of aromatic nitrogens is 1. The van der Waals surface area contributed by atoms with Gasteiger partial charge in [0.25, 0.3) is 0 Å². The van der Waals surface area contributed by atoms with Crippen molar-refractivity contribution in [3.05, 3.63) is 66.9 Å². The van der Waals surface area contributed by atoms with E-state index in [0.717, 1.165) is 65.4 Å². The Morgan fingerprint density at radius 1 is 0.923 bits per heavy atom. The summed E-state index contributed by atoms with van der Waals surface area (Å²) >= 11 is 0. The summed E-state index contributed by atoms with van der Waals surface area (Å²) in [7, 11) is 2.24. The summed E-state index contributed by atoms with van der Waals surface area (Å²) < 4.78 is 12.6. The van der Waals surface area contributed by atoms with Crippen molar-refractivity contribution in [3.8, 4) is 28.2 Å². The van der Waals surface area contributed by atoms with Crippen LogP contribution in [0.3, 0.4) is 0 Å². The fraction of sp³-hybridized carbons (Fsp3) is 0.424. The molecule has 0 radical (unpaired) electrons. The van der Waals surface area contributed by atoms with Gasteiger partial charge in [-0.15, -0.1) is 0 Å². The van der Waals surface area contributed by atoms with E-state index >= 15 is 0 Å². The Bertz CT molecular complexity index is 1350. The fourth-order valence-corrected chi connectivity index (χ4v) is 6.15. The van der Waals surface area contributed by atoms with Crippen LogP contribution in [0.15, 0.2) is 71.3 Å². The van der Waals surface area contributed by atoms with Gasteiger partial charge in [-0.2, -0.15) is 0 Å². The molecule has 4 heterocycles. The second kappa shape index (κ2) is 12.2. The summed E-state index contributed by atoms with van der Waals surface area (Å²) in [4.78, 5) is 9.62.